The number of hydrogen-bond acceptors (Lipinski definition) is 21. The maximum absolute atomic E-state index is 14.4. The van der Waals surface area contributed by atoms with Crippen molar-refractivity contribution < 1.29 is 101 Å². The first kappa shape index (κ1) is 71.5. The Balaban J connectivity index is 1.47. The van der Waals surface area contributed by atoms with Crippen LogP contribution in [0.15, 0.2) is 48.5 Å². The predicted octanol–water partition coefficient (Wildman–Crippen LogP) is 3.29. The van der Waals surface area contributed by atoms with Crippen molar-refractivity contribution in [1.29, 1.82) is 0 Å². The van der Waals surface area contributed by atoms with Gasteiger partial charge in [-0.05, 0) is 60.8 Å². The average molecular weight is 1220 g/mol. The highest BCUT2D eigenvalue weighted by atomic mass is 16.7. The van der Waals surface area contributed by atoms with E-state index in [1.807, 2.05) is 19.9 Å². The molecule has 2 aliphatic rings. The van der Waals surface area contributed by atoms with Crippen molar-refractivity contribution in [3.05, 3.63) is 65.2 Å². The number of nitrogens with zero attached hydrogens (tertiary/aromatic N) is 2. The van der Waals surface area contributed by atoms with Crippen LogP contribution in [0.25, 0.3) is 0 Å². The van der Waals surface area contributed by atoms with Gasteiger partial charge in [0.25, 0.3) is 0 Å². The van der Waals surface area contributed by atoms with Crippen LogP contribution in [0.3, 0.4) is 0 Å². The lowest BCUT2D eigenvalue weighted by atomic mass is 9.90. The van der Waals surface area contributed by atoms with Crippen molar-refractivity contribution in [1.82, 2.24) is 25.8 Å². The molecule has 15 atom stereocenters. The minimum atomic E-state index is -2.26. The van der Waals surface area contributed by atoms with Crippen LogP contribution >= 0.6 is 0 Å². The standard InChI is InChI=1S/C60H89N5O21/c1-16-32(6)46(43(78-13)28-44(69)65-26-20-23-41(65)49(79-14)33(7)54(71)61-34(8)48(70)39-21-18-17-19-22-39)63-55(72)45(30(2)3)62-56(73)47(31(4)5)64(12)60(77)81-29-38-24-25-42(40(27-38)57(74)75)85-59-53(84-37(11)68)51(83-36(10)67)50(82-35(9)66)52(86-59)58(76)80-15/h17-19,21-22,24-25,27,30-34,41,43,45-53,57,59,70,74-75H,16,20,23,26,28-29H2,1-15H3,(H,61,71)(H,62,73)(H,63,72)/t32?,33-,34-,41+,43-,45+,46+,47+,48-,49-,50+,51+,52+,53-,59-/m1/s1. The predicted molar refractivity (Wildman–Crippen MR) is 305 cm³/mol. The lowest BCUT2D eigenvalue weighted by molar-refractivity contribution is -0.282. The van der Waals surface area contributed by atoms with Crippen LogP contribution in [0.1, 0.15) is 131 Å². The Labute approximate surface area is 502 Å². The van der Waals surface area contributed by atoms with Crippen molar-refractivity contribution in [2.75, 3.05) is 34.9 Å². The van der Waals surface area contributed by atoms with Gasteiger partial charge in [-0.15, -0.1) is 0 Å². The molecule has 2 aromatic carbocycles. The molecule has 0 aromatic heterocycles. The number of carbonyl (C=O) groups excluding carboxylic acids is 9. The maximum atomic E-state index is 14.4. The fraction of sp³-hybridized carbons (Fsp3) is 0.650. The summed E-state index contributed by atoms with van der Waals surface area (Å²) in [5.74, 6) is -8.00. The third-order valence-electron chi connectivity index (χ3n) is 15.5. The zero-order chi connectivity index (χ0) is 64.4. The van der Waals surface area contributed by atoms with Gasteiger partial charge in [0.2, 0.25) is 36.0 Å². The first-order valence-electron chi connectivity index (χ1n) is 28.8. The van der Waals surface area contributed by atoms with E-state index in [1.54, 1.807) is 70.7 Å². The molecular weight excluding hydrogens is 1130 g/mol. The summed E-state index contributed by atoms with van der Waals surface area (Å²) >= 11 is 0. The van der Waals surface area contributed by atoms with Gasteiger partial charge in [-0.25, -0.2) is 9.59 Å². The van der Waals surface area contributed by atoms with Crippen molar-refractivity contribution in [2.24, 2.45) is 23.7 Å². The van der Waals surface area contributed by atoms with Crippen LogP contribution in [0.2, 0.25) is 0 Å². The van der Waals surface area contributed by atoms with Gasteiger partial charge in [0.1, 0.15) is 24.4 Å². The summed E-state index contributed by atoms with van der Waals surface area (Å²) in [6.45, 7) is 17.1. The molecule has 2 heterocycles. The van der Waals surface area contributed by atoms with Gasteiger partial charge in [0.15, 0.2) is 24.6 Å². The monoisotopic (exact) mass is 1220 g/mol. The smallest absolute Gasteiger partial charge is 0.410 e. The Bertz CT molecular complexity index is 2620. The summed E-state index contributed by atoms with van der Waals surface area (Å²) in [6, 6.07) is 8.66. The molecule has 2 aromatic rings. The molecule has 4 rings (SSSR count). The van der Waals surface area contributed by atoms with Crippen molar-refractivity contribution >= 4 is 53.6 Å². The molecule has 0 bridgehead atoms. The summed E-state index contributed by atoms with van der Waals surface area (Å²) < 4.78 is 50.2. The largest absolute Gasteiger partial charge is 0.467 e. The minimum Gasteiger partial charge on any atom is -0.467 e. The Morgan fingerprint density at radius 3 is 1.91 bits per heavy atom. The molecule has 6 N–H and O–H groups in total. The van der Waals surface area contributed by atoms with Crippen LogP contribution < -0.4 is 20.7 Å². The van der Waals surface area contributed by atoms with E-state index in [0.29, 0.717) is 31.4 Å². The van der Waals surface area contributed by atoms with Crippen LogP contribution in [-0.4, -0.2) is 187 Å². The quantitative estimate of drug-likeness (QED) is 0.0387. The van der Waals surface area contributed by atoms with E-state index in [2.05, 4.69) is 16.0 Å². The van der Waals surface area contributed by atoms with Gasteiger partial charge < -0.3 is 78.8 Å². The summed E-state index contributed by atoms with van der Waals surface area (Å²) in [5, 5.41) is 40.8. The van der Waals surface area contributed by atoms with E-state index < -0.39 is 152 Å². The zero-order valence-corrected chi connectivity index (χ0v) is 51.8. The number of likely N-dealkylation sites (N-methyl/N-ethyl adjacent to an activating group) is 1. The third kappa shape index (κ3) is 19.0. The fourth-order valence-corrected chi connectivity index (χ4v) is 10.8. The average Bonchev–Trinajstić information content (AvgIpc) is 1.83. The fourth-order valence-electron chi connectivity index (χ4n) is 10.8. The minimum absolute atomic E-state index is 0.132. The summed E-state index contributed by atoms with van der Waals surface area (Å²) in [6.07, 6.45) is -12.8. The molecule has 1 unspecified atom stereocenters. The highest BCUT2D eigenvalue weighted by molar-refractivity contribution is 5.92. The Morgan fingerprint density at radius 1 is 0.744 bits per heavy atom. The van der Waals surface area contributed by atoms with Crippen LogP contribution in [0.4, 0.5) is 4.79 Å². The van der Waals surface area contributed by atoms with E-state index in [4.69, 9.17) is 42.6 Å². The van der Waals surface area contributed by atoms with E-state index in [9.17, 15) is 58.5 Å². The topological polar surface area (TPSA) is 340 Å². The number of hydrogen-bond donors (Lipinski definition) is 6. The molecule has 480 valence electrons. The Hall–Kier alpha value is -6.97. The molecule has 26 heteroatoms. The normalized spacial score (nSPS) is 21.7. The number of aliphatic hydroxyl groups excluding tert-OH is 2. The number of esters is 4. The number of amides is 5. The SMILES string of the molecule is CCC(C)[C@H](NC(=O)[C@@H](NC(=O)[C@H](C(C)C)N(C)C(=O)OCc1ccc(O[C@@H]2O[C@H](C(=O)OC)[C@@H](OC(C)=O)[C@H](OC(C)=O)[C@H]2OC(C)=O)c(C(O)O)c1)C(C)C)[C@@H](CC(=O)N1CCC[C@H]1[C@H](OC)[C@@H](C)C(=O)N[C@H](C)[C@@H](O)c1ccccc1)OC. The molecule has 86 heavy (non-hydrogen) atoms. The molecule has 2 saturated heterocycles. The van der Waals surface area contributed by atoms with Crippen molar-refractivity contribution in [3.8, 4) is 5.75 Å². The van der Waals surface area contributed by atoms with Crippen molar-refractivity contribution in [3.63, 3.8) is 0 Å². The van der Waals surface area contributed by atoms with Gasteiger partial charge in [0.05, 0.1) is 55.9 Å². The summed E-state index contributed by atoms with van der Waals surface area (Å²) in [7, 11) is 5.29. The molecule has 0 saturated carbocycles. The Morgan fingerprint density at radius 2 is 1.36 bits per heavy atom. The number of benzene rings is 2. The van der Waals surface area contributed by atoms with Crippen LogP contribution in [-0.2, 0) is 82.9 Å². The first-order valence-corrected chi connectivity index (χ1v) is 28.8. The molecule has 0 spiro atoms. The molecular formula is C60H89N5O21. The second-order valence-electron chi connectivity index (χ2n) is 22.5. The molecule has 2 fully saturated rings. The number of rotatable bonds is 29. The van der Waals surface area contributed by atoms with Gasteiger partial charge in [-0.1, -0.05) is 91.3 Å². The second-order valence-corrected chi connectivity index (χ2v) is 22.5. The number of ether oxygens (including phenoxy) is 9. The Kier molecular flexibility index (Phi) is 27.6. The lowest BCUT2D eigenvalue weighted by Crippen LogP contribution is -2.64. The number of aliphatic hydroxyl groups is 3. The van der Waals surface area contributed by atoms with E-state index in [0.717, 1.165) is 32.8 Å². The number of methoxy groups -OCH3 is 3. The number of carbonyl (C=O) groups is 9. The summed E-state index contributed by atoms with van der Waals surface area (Å²) in [5.41, 5.74) is 0.492. The number of likely N-dealkylation sites (tertiary alicyclic amines) is 1. The first-order chi connectivity index (χ1) is 40.5. The molecule has 2 aliphatic heterocycles. The van der Waals surface area contributed by atoms with Crippen molar-refractivity contribution in [2.45, 2.75) is 194 Å². The third-order valence-corrected chi connectivity index (χ3v) is 15.5. The molecule has 26 nitrogen and oxygen atoms in total. The second kappa shape index (κ2) is 33.2. The molecule has 0 radical (unpaired) electrons. The zero-order valence-electron chi connectivity index (χ0n) is 51.8. The van der Waals surface area contributed by atoms with E-state index >= 15 is 0 Å². The molecule has 0 aliphatic carbocycles. The number of nitrogens with one attached hydrogen (secondary N) is 3. The van der Waals surface area contributed by atoms with Crippen LogP contribution in [0.5, 0.6) is 5.75 Å². The molecule has 5 amide bonds. The van der Waals surface area contributed by atoms with Gasteiger partial charge in [0, 0.05) is 54.1 Å². The van der Waals surface area contributed by atoms with E-state index in [-0.39, 0.29) is 41.0 Å². The maximum Gasteiger partial charge on any atom is 0.410 e. The van der Waals surface area contributed by atoms with E-state index in [1.165, 1.54) is 39.5 Å². The summed E-state index contributed by atoms with van der Waals surface area (Å²) in [4.78, 5) is 123. The lowest BCUT2D eigenvalue weighted by Gasteiger charge is -2.43. The van der Waals surface area contributed by atoms with Gasteiger partial charge in [-0.3, -0.25) is 38.5 Å². The van der Waals surface area contributed by atoms with Crippen LogP contribution in [0, 0.1) is 23.7 Å². The van der Waals surface area contributed by atoms with Gasteiger partial charge in [-0.2, -0.15) is 0 Å². The highest BCUT2D eigenvalue weighted by Crippen LogP contribution is 2.35. The highest BCUT2D eigenvalue weighted by Gasteiger charge is 2.56. The van der Waals surface area contributed by atoms with Gasteiger partial charge >= 0.3 is 30.0 Å².